The number of hydrogen-bond donors (Lipinski definition) is 0. The molecule has 0 amide bonds. The highest BCUT2D eigenvalue weighted by Gasteiger charge is 2.21. The van der Waals surface area contributed by atoms with E-state index in [2.05, 4.69) is 26.0 Å². The second-order valence-corrected chi connectivity index (χ2v) is 15.0. The molecule has 0 aromatic heterocycles. The van der Waals surface area contributed by atoms with Gasteiger partial charge in [0, 0.05) is 12.8 Å². The molecule has 0 saturated heterocycles. The Kier molecular flexibility index (Phi) is 29.0. The third-order valence-electron chi connectivity index (χ3n) is 7.79. The first-order valence-corrected chi connectivity index (χ1v) is 19.9. The van der Waals surface area contributed by atoms with Crippen LogP contribution >= 0.6 is 7.82 Å². The maximum Gasteiger partial charge on any atom is 0.306 e. The summed E-state index contributed by atoms with van der Waals surface area (Å²) in [4.78, 5) is 37.2. The molecule has 1 unspecified atom stereocenters. The SMILES string of the molecule is CCCCC/C=C/CCCCCCCC(=O)O[C@H](COC(=O)CCCCCCCCCCCC)COP(=O)([O-])OCC[N+](C)(C)C. The first kappa shape index (κ1) is 44.8. The van der Waals surface area contributed by atoms with Crippen LogP contribution in [0.25, 0.3) is 0 Å². The van der Waals surface area contributed by atoms with E-state index in [0.717, 1.165) is 57.8 Å². The van der Waals surface area contributed by atoms with Crippen molar-refractivity contribution < 1.29 is 42.1 Å². The van der Waals surface area contributed by atoms with Crippen molar-refractivity contribution >= 4 is 19.8 Å². The number of carbonyl (C=O) groups excluding carboxylic acids is 2. The number of nitrogens with zero attached hydrogens (tertiary/aromatic N) is 1. The van der Waals surface area contributed by atoms with Gasteiger partial charge in [-0.25, -0.2) is 0 Å². The van der Waals surface area contributed by atoms with Crippen LogP contribution in [0.4, 0.5) is 0 Å². The number of carbonyl (C=O) groups is 2. The van der Waals surface area contributed by atoms with Crippen molar-refractivity contribution in [3.05, 3.63) is 12.2 Å². The zero-order valence-corrected chi connectivity index (χ0v) is 31.2. The smallest absolute Gasteiger partial charge is 0.306 e. The average Bonchev–Trinajstić information content (AvgIpc) is 2.99. The van der Waals surface area contributed by atoms with E-state index in [9.17, 15) is 19.0 Å². The molecule has 0 aliphatic heterocycles. The molecule has 0 fully saturated rings. The van der Waals surface area contributed by atoms with Gasteiger partial charge in [-0.2, -0.15) is 0 Å². The maximum atomic E-state index is 12.6. The quantitative estimate of drug-likeness (QED) is 0.0223. The molecule has 0 aromatic carbocycles. The van der Waals surface area contributed by atoms with E-state index >= 15 is 0 Å². The van der Waals surface area contributed by atoms with E-state index in [1.165, 1.54) is 64.2 Å². The molecule has 272 valence electrons. The van der Waals surface area contributed by atoms with Crippen LogP contribution in [0.2, 0.25) is 0 Å². The van der Waals surface area contributed by atoms with Crippen LogP contribution in [0, 0.1) is 0 Å². The molecule has 0 radical (unpaired) electrons. The first-order chi connectivity index (χ1) is 22.0. The molecule has 0 heterocycles. The van der Waals surface area contributed by atoms with Gasteiger partial charge in [-0.3, -0.25) is 14.2 Å². The summed E-state index contributed by atoms with van der Waals surface area (Å²) in [5, 5.41) is 0. The molecule has 9 nitrogen and oxygen atoms in total. The molecule has 0 saturated carbocycles. The second kappa shape index (κ2) is 29.9. The Bertz CT molecular complexity index is 814. The average molecular weight is 676 g/mol. The van der Waals surface area contributed by atoms with Gasteiger partial charge in [0.05, 0.1) is 27.7 Å². The van der Waals surface area contributed by atoms with Gasteiger partial charge in [-0.05, 0) is 38.5 Å². The number of phosphoric ester groups is 1. The fourth-order valence-corrected chi connectivity index (χ4v) is 5.55. The molecular weight excluding hydrogens is 605 g/mol. The normalized spacial score (nSPS) is 14.0. The Morgan fingerprint density at radius 3 is 1.65 bits per heavy atom. The molecule has 0 spiro atoms. The topological polar surface area (TPSA) is 111 Å². The fourth-order valence-electron chi connectivity index (χ4n) is 4.82. The lowest BCUT2D eigenvalue weighted by Crippen LogP contribution is -2.37. The van der Waals surface area contributed by atoms with Gasteiger partial charge in [0.1, 0.15) is 19.8 Å². The minimum Gasteiger partial charge on any atom is -0.756 e. The Balaban J connectivity index is 4.48. The van der Waals surface area contributed by atoms with Crippen molar-refractivity contribution in [1.29, 1.82) is 0 Å². The maximum absolute atomic E-state index is 12.6. The van der Waals surface area contributed by atoms with Crippen LogP contribution in [0.1, 0.15) is 155 Å². The summed E-state index contributed by atoms with van der Waals surface area (Å²) in [7, 11) is 1.16. The number of allylic oxidation sites excluding steroid dienone is 2. The number of rotatable bonds is 33. The van der Waals surface area contributed by atoms with E-state index in [-0.39, 0.29) is 32.0 Å². The van der Waals surface area contributed by atoms with Crippen molar-refractivity contribution in [3.8, 4) is 0 Å². The highest BCUT2D eigenvalue weighted by atomic mass is 31.2. The molecular formula is C36H70NO8P. The highest BCUT2D eigenvalue weighted by molar-refractivity contribution is 7.45. The monoisotopic (exact) mass is 675 g/mol. The summed E-state index contributed by atoms with van der Waals surface area (Å²) < 4.78 is 33.6. The van der Waals surface area contributed by atoms with Crippen LogP contribution < -0.4 is 4.89 Å². The fraction of sp³-hybridized carbons (Fsp3) is 0.889. The van der Waals surface area contributed by atoms with Gasteiger partial charge in [0.2, 0.25) is 0 Å². The van der Waals surface area contributed by atoms with Crippen molar-refractivity contribution in [3.63, 3.8) is 0 Å². The van der Waals surface area contributed by atoms with Crippen molar-refractivity contribution in [2.24, 2.45) is 0 Å². The summed E-state index contributed by atoms with van der Waals surface area (Å²) in [6.45, 7) is 4.16. The van der Waals surface area contributed by atoms with Crippen LogP contribution in [0.5, 0.6) is 0 Å². The minimum atomic E-state index is -4.61. The van der Waals surface area contributed by atoms with Crippen molar-refractivity contribution in [2.45, 2.75) is 161 Å². The van der Waals surface area contributed by atoms with Gasteiger partial charge in [0.25, 0.3) is 7.82 Å². The minimum absolute atomic E-state index is 0.0299. The summed E-state index contributed by atoms with van der Waals surface area (Å²) in [6, 6.07) is 0. The number of likely N-dealkylation sites (N-methyl/N-ethyl adjacent to an activating group) is 1. The summed E-state index contributed by atoms with van der Waals surface area (Å²) >= 11 is 0. The lowest BCUT2D eigenvalue weighted by molar-refractivity contribution is -0.870. The molecule has 10 heteroatoms. The van der Waals surface area contributed by atoms with Gasteiger partial charge in [-0.15, -0.1) is 0 Å². The number of ether oxygens (including phenoxy) is 2. The Hall–Kier alpha value is -1.25. The Morgan fingerprint density at radius 2 is 1.11 bits per heavy atom. The molecule has 0 aliphatic rings. The second-order valence-electron chi connectivity index (χ2n) is 13.6. The summed E-state index contributed by atoms with van der Waals surface area (Å²) in [6.07, 6.45) is 26.7. The highest BCUT2D eigenvalue weighted by Crippen LogP contribution is 2.38. The molecule has 0 aromatic rings. The zero-order valence-electron chi connectivity index (χ0n) is 30.3. The van der Waals surface area contributed by atoms with Crippen molar-refractivity contribution in [2.75, 3.05) is 47.5 Å². The summed E-state index contributed by atoms with van der Waals surface area (Å²) in [5.74, 6) is -0.845. The van der Waals surface area contributed by atoms with E-state index in [1.54, 1.807) is 0 Å². The van der Waals surface area contributed by atoms with Crippen LogP contribution in [-0.4, -0.2) is 70.0 Å². The predicted octanol–water partition coefficient (Wildman–Crippen LogP) is 8.83. The number of esters is 2. The van der Waals surface area contributed by atoms with Gasteiger partial charge in [0.15, 0.2) is 6.10 Å². The predicted molar refractivity (Wildman–Crippen MR) is 185 cm³/mol. The van der Waals surface area contributed by atoms with Crippen LogP contribution in [0.3, 0.4) is 0 Å². The summed E-state index contributed by atoms with van der Waals surface area (Å²) in [5.41, 5.74) is 0. The molecule has 0 bridgehead atoms. The number of phosphoric acid groups is 1. The molecule has 0 rings (SSSR count). The van der Waals surface area contributed by atoms with Gasteiger partial charge >= 0.3 is 11.9 Å². The molecule has 0 N–H and O–H groups in total. The number of unbranched alkanes of at least 4 members (excludes halogenated alkanes) is 17. The van der Waals surface area contributed by atoms with E-state index in [1.807, 2.05) is 21.1 Å². The van der Waals surface area contributed by atoms with Crippen LogP contribution in [-0.2, 0) is 32.7 Å². The van der Waals surface area contributed by atoms with Crippen molar-refractivity contribution in [1.82, 2.24) is 0 Å². The zero-order chi connectivity index (χ0) is 34.4. The largest absolute Gasteiger partial charge is 0.756 e. The van der Waals surface area contributed by atoms with E-state index in [4.69, 9.17) is 18.5 Å². The van der Waals surface area contributed by atoms with E-state index in [0.29, 0.717) is 17.4 Å². The number of quaternary nitrogens is 1. The number of hydrogen-bond acceptors (Lipinski definition) is 8. The first-order valence-electron chi connectivity index (χ1n) is 18.4. The van der Waals surface area contributed by atoms with E-state index < -0.39 is 26.5 Å². The lowest BCUT2D eigenvalue weighted by atomic mass is 10.1. The Labute approximate surface area is 282 Å². The molecule has 46 heavy (non-hydrogen) atoms. The van der Waals surface area contributed by atoms with Crippen LogP contribution in [0.15, 0.2) is 12.2 Å². The standard InChI is InChI=1S/C36H70NO8P/c1-6-8-10-12-14-16-18-19-21-23-25-27-29-36(39)45-34(33-44-46(40,41)43-31-30-37(3,4)5)32-42-35(38)28-26-24-22-20-17-15-13-11-9-7-2/h14,16,34H,6-13,15,17-33H2,1-5H3/b16-14+/t34-/m1/s1. The molecule has 0 aliphatic carbocycles. The molecule has 2 atom stereocenters. The third-order valence-corrected chi connectivity index (χ3v) is 8.75. The third kappa shape index (κ3) is 32.7. The van der Waals surface area contributed by atoms with Gasteiger partial charge in [-0.1, -0.05) is 116 Å². The lowest BCUT2D eigenvalue weighted by Gasteiger charge is -2.28. The Morgan fingerprint density at radius 1 is 0.652 bits per heavy atom. The van der Waals surface area contributed by atoms with Gasteiger partial charge < -0.3 is 27.9 Å².